The standard InChI is InChI=1S/C23H28ClN3O/c1-6-27-21-11-15(2)18(12-20(21)16(3)13-23(27,4)5)14-25-26-22(28)17-7-9-19(24)10-8-17/h7-12,14,16H,6,13H2,1-5H3,(H,26,28)/b25-14-/t16-/m0/s1. The zero-order valence-electron chi connectivity index (χ0n) is 17.2. The Morgan fingerprint density at radius 2 is 2.00 bits per heavy atom. The number of fused-ring (bicyclic) bond motifs is 1. The van der Waals surface area contributed by atoms with Crippen molar-refractivity contribution in [2.24, 2.45) is 5.10 Å². The molecule has 1 N–H and O–H groups in total. The largest absolute Gasteiger partial charge is 0.366 e. The fourth-order valence-corrected chi connectivity index (χ4v) is 4.34. The molecular formula is C23H28ClN3O. The van der Waals surface area contributed by atoms with Crippen LogP contribution in [0.1, 0.15) is 67.1 Å². The van der Waals surface area contributed by atoms with E-state index < -0.39 is 0 Å². The molecule has 2 aromatic carbocycles. The van der Waals surface area contributed by atoms with Crippen LogP contribution in [0.5, 0.6) is 0 Å². The maximum atomic E-state index is 12.2. The van der Waals surface area contributed by atoms with Gasteiger partial charge in [0.15, 0.2) is 0 Å². The van der Waals surface area contributed by atoms with E-state index in [0.29, 0.717) is 16.5 Å². The molecule has 5 heteroatoms. The van der Waals surface area contributed by atoms with Crippen LogP contribution in [0.25, 0.3) is 0 Å². The normalized spacial score (nSPS) is 18.2. The molecule has 0 spiro atoms. The second-order valence-electron chi connectivity index (χ2n) is 8.14. The van der Waals surface area contributed by atoms with Crippen LogP contribution in [0.2, 0.25) is 5.02 Å². The summed E-state index contributed by atoms with van der Waals surface area (Å²) in [6.45, 7) is 12.2. The zero-order valence-corrected chi connectivity index (χ0v) is 18.0. The van der Waals surface area contributed by atoms with Gasteiger partial charge in [-0.1, -0.05) is 18.5 Å². The summed E-state index contributed by atoms with van der Waals surface area (Å²) in [5.41, 5.74) is 8.10. The number of hydrogen-bond donors (Lipinski definition) is 1. The average molecular weight is 398 g/mol. The van der Waals surface area contributed by atoms with Gasteiger partial charge in [0, 0.05) is 28.4 Å². The van der Waals surface area contributed by atoms with Crippen LogP contribution < -0.4 is 10.3 Å². The highest BCUT2D eigenvalue weighted by molar-refractivity contribution is 6.30. The Balaban J connectivity index is 1.82. The van der Waals surface area contributed by atoms with Gasteiger partial charge >= 0.3 is 0 Å². The summed E-state index contributed by atoms with van der Waals surface area (Å²) < 4.78 is 0. The van der Waals surface area contributed by atoms with Crippen molar-refractivity contribution in [3.63, 3.8) is 0 Å². The minimum atomic E-state index is -0.254. The molecule has 0 bridgehead atoms. The molecule has 1 amide bonds. The highest BCUT2D eigenvalue weighted by Gasteiger charge is 2.35. The first-order valence-electron chi connectivity index (χ1n) is 9.74. The molecule has 1 aliphatic rings. The predicted molar refractivity (Wildman–Crippen MR) is 118 cm³/mol. The predicted octanol–water partition coefficient (Wildman–Crippen LogP) is 5.52. The summed E-state index contributed by atoms with van der Waals surface area (Å²) in [5, 5.41) is 4.77. The van der Waals surface area contributed by atoms with Crippen LogP contribution in [-0.2, 0) is 0 Å². The number of hydrogen-bond acceptors (Lipinski definition) is 3. The first-order valence-corrected chi connectivity index (χ1v) is 10.1. The van der Waals surface area contributed by atoms with Crippen LogP contribution >= 0.6 is 11.6 Å². The van der Waals surface area contributed by atoms with Crippen molar-refractivity contribution in [2.75, 3.05) is 11.4 Å². The summed E-state index contributed by atoms with van der Waals surface area (Å²) >= 11 is 5.86. The summed E-state index contributed by atoms with van der Waals surface area (Å²) in [4.78, 5) is 14.7. The summed E-state index contributed by atoms with van der Waals surface area (Å²) in [7, 11) is 0. The second kappa shape index (κ2) is 7.96. The Morgan fingerprint density at radius 3 is 2.64 bits per heavy atom. The summed E-state index contributed by atoms with van der Waals surface area (Å²) in [6.07, 6.45) is 2.84. The maximum absolute atomic E-state index is 12.2. The molecule has 0 saturated carbocycles. The molecule has 1 atom stereocenters. The van der Waals surface area contributed by atoms with Crippen molar-refractivity contribution in [2.45, 2.75) is 52.5 Å². The van der Waals surface area contributed by atoms with E-state index >= 15 is 0 Å². The number of anilines is 1. The minimum absolute atomic E-state index is 0.149. The Morgan fingerprint density at radius 1 is 1.32 bits per heavy atom. The number of nitrogens with zero attached hydrogens (tertiary/aromatic N) is 2. The first-order chi connectivity index (χ1) is 13.2. The fourth-order valence-electron chi connectivity index (χ4n) is 4.21. The molecule has 148 valence electrons. The lowest BCUT2D eigenvalue weighted by atomic mass is 9.79. The molecule has 0 saturated heterocycles. The van der Waals surface area contributed by atoms with Gasteiger partial charge in [0.05, 0.1) is 6.21 Å². The Bertz CT molecular complexity index is 903. The number of carbonyl (C=O) groups is 1. The molecule has 1 aliphatic heterocycles. The van der Waals surface area contributed by atoms with E-state index in [4.69, 9.17) is 11.6 Å². The van der Waals surface area contributed by atoms with Crippen LogP contribution in [-0.4, -0.2) is 24.2 Å². The quantitative estimate of drug-likeness (QED) is 0.545. The van der Waals surface area contributed by atoms with Crippen molar-refractivity contribution in [1.29, 1.82) is 0 Å². The zero-order chi connectivity index (χ0) is 20.5. The number of rotatable bonds is 4. The minimum Gasteiger partial charge on any atom is -0.366 e. The van der Waals surface area contributed by atoms with Crippen molar-refractivity contribution < 1.29 is 4.79 Å². The van der Waals surface area contributed by atoms with Crippen LogP contribution in [0.3, 0.4) is 0 Å². The van der Waals surface area contributed by atoms with E-state index in [0.717, 1.165) is 24.1 Å². The van der Waals surface area contributed by atoms with Crippen molar-refractivity contribution in [3.8, 4) is 0 Å². The fraction of sp³-hybridized carbons (Fsp3) is 0.391. The lowest BCUT2D eigenvalue weighted by molar-refractivity contribution is 0.0955. The number of nitrogens with one attached hydrogen (secondary N) is 1. The molecule has 0 radical (unpaired) electrons. The average Bonchev–Trinajstić information content (AvgIpc) is 2.62. The van der Waals surface area contributed by atoms with Gasteiger partial charge in [0.2, 0.25) is 0 Å². The van der Waals surface area contributed by atoms with Gasteiger partial charge in [0.1, 0.15) is 0 Å². The van der Waals surface area contributed by atoms with Crippen LogP contribution in [0.4, 0.5) is 5.69 Å². The van der Waals surface area contributed by atoms with Gasteiger partial charge in [-0.3, -0.25) is 4.79 Å². The Kier molecular flexibility index (Phi) is 5.80. The van der Waals surface area contributed by atoms with E-state index in [-0.39, 0.29) is 11.4 Å². The molecule has 3 rings (SSSR count). The van der Waals surface area contributed by atoms with Gasteiger partial charge in [-0.15, -0.1) is 0 Å². The van der Waals surface area contributed by atoms with E-state index in [1.54, 1.807) is 30.5 Å². The molecule has 0 fully saturated rings. The number of amides is 1. The SMILES string of the molecule is CCN1c2cc(C)c(/C=N\NC(=O)c3ccc(Cl)cc3)cc2[C@@H](C)CC1(C)C. The number of halogens is 1. The van der Waals surface area contributed by atoms with Crippen molar-refractivity contribution >= 4 is 29.4 Å². The van der Waals surface area contributed by atoms with E-state index in [2.05, 4.69) is 62.2 Å². The summed E-state index contributed by atoms with van der Waals surface area (Å²) in [5.74, 6) is 0.222. The van der Waals surface area contributed by atoms with Gasteiger partial charge in [-0.05, 0) is 93.1 Å². The van der Waals surface area contributed by atoms with Gasteiger partial charge < -0.3 is 4.90 Å². The highest BCUT2D eigenvalue weighted by atomic mass is 35.5. The maximum Gasteiger partial charge on any atom is 0.271 e. The van der Waals surface area contributed by atoms with Gasteiger partial charge in [0.25, 0.3) is 5.91 Å². The topological polar surface area (TPSA) is 44.7 Å². The molecule has 2 aromatic rings. The Labute approximate surface area is 172 Å². The monoisotopic (exact) mass is 397 g/mol. The number of carbonyl (C=O) groups excluding carboxylic acids is 1. The molecule has 0 aromatic heterocycles. The van der Waals surface area contributed by atoms with E-state index in [9.17, 15) is 4.79 Å². The van der Waals surface area contributed by atoms with E-state index in [1.165, 1.54) is 11.3 Å². The van der Waals surface area contributed by atoms with Crippen molar-refractivity contribution in [3.05, 3.63) is 63.7 Å². The molecule has 4 nitrogen and oxygen atoms in total. The van der Waals surface area contributed by atoms with Crippen LogP contribution in [0.15, 0.2) is 41.5 Å². The van der Waals surface area contributed by atoms with Crippen LogP contribution in [0, 0.1) is 6.92 Å². The first kappa shape index (κ1) is 20.4. The van der Waals surface area contributed by atoms with Crippen molar-refractivity contribution in [1.82, 2.24) is 5.43 Å². The Hall–Kier alpha value is -2.33. The number of benzene rings is 2. The molecule has 1 heterocycles. The molecule has 0 unspecified atom stereocenters. The third-order valence-corrected chi connectivity index (χ3v) is 5.82. The molecule has 28 heavy (non-hydrogen) atoms. The lowest BCUT2D eigenvalue weighted by Crippen LogP contribution is -2.48. The number of aryl methyl sites for hydroxylation is 1. The third-order valence-electron chi connectivity index (χ3n) is 5.57. The summed E-state index contributed by atoms with van der Waals surface area (Å²) in [6, 6.07) is 11.2. The molecule has 0 aliphatic carbocycles. The van der Waals surface area contributed by atoms with Gasteiger partial charge in [-0.2, -0.15) is 5.10 Å². The third kappa shape index (κ3) is 4.07. The number of hydrazone groups is 1. The molecular weight excluding hydrogens is 370 g/mol. The highest BCUT2D eigenvalue weighted by Crippen LogP contribution is 2.43. The lowest BCUT2D eigenvalue weighted by Gasteiger charge is -2.47. The van der Waals surface area contributed by atoms with E-state index in [1.807, 2.05) is 0 Å². The van der Waals surface area contributed by atoms with Gasteiger partial charge in [-0.25, -0.2) is 5.43 Å². The smallest absolute Gasteiger partial charge is 0.271 e. The second-order valence-corrected chi connectivity index (χ2v) is 8.57.